The van der Waals surface area contributed by atoms with Gasteiger partial charge in [-0.2, -0.15) is 0 Å². The number of fused-ring (bicyclic) bond motifs is 5. The van der Waals surface area contributed by atoms with Gasteiger partial charge in [0.1, 0.15) is 12.7 Å². The van der Waals surface area contributed by atoms with Crippen LogP contribution in [0.4, 0.5) is 0 Å². The fourth-order valence-corrected chi connectivity index (χ4v) is 13.1. The monoisotopic (exact) mass is 933 g/mol. The normalized spacial score (nSPS) is 38.9. The van der Waals surface area contributed by atoms with Crippen LogP contribution < -0.4 is 0 Å². The highest BCUT2D eigenvalue weighted by molar-refractivity contribution is 5.69. The van der Waals surface area contributed by atoms with Crippen LogP contribution in [-0.4, -0.2) is 110 Å². The van der Waals surface area contributed by atoms with Crippen LogP contribution in [-0.2, 0) is 76.1 Å². The van der Waals surface area contributed by atoms with E-state index in [1.165, 1.54) is 78.2 Å². The summed E-state index contributed by atoms with van der Waals surface area (Å²) in [7, 11) is 0. The minimum absolute atomic E-state index is 0.00957. The molecular formula is C50H76O16. The number of rotatable bonds is 16. The zero-order valence-corrected chi connectivity index (χ0v) is 41.0. The van der Waals surface area contributed by atoms with Crippen molar-refractivity contribution < 1.29 is 76.1 Å². The van der Waals surface area contributed by atoms with Crippen molar-refractivity contribution in [1.82, 2.24) is 0 Å². The van der Waals surface area contributed by atoms with E-state index in [1.54, 1.807) is 0 Å². The van der Waals surface area contributed by atoms with Gasteiger partial charge in [0.05, 0.1) is 12.7 Å². The first-order valence-electron chi connectivity index (χ1n) is 24.4. The van der Waals surface area contributed by atoms with Gasteiger partial charge in [-0.15, -0.1) is 0 Å². The molecule has 0 bridgehead atoms. The molecule has 4 aliphatic carbocycles. The second-order valence-corrected chi connectivity index (χ2v) is 20.9. The molecule has 2 aliphatic heterocycles. The molecular weight excluding hydrogens is 857 g/mol. The van der Waals surface area contributed by atoms with E-state index in [-0.39, 0.29) is 18.6 Å². The third kappa shape index (κ3) is 11.8. The molecule has 16 nitrogen and oxygen atoms in total. The summed E-state index contributed by atoms with van der Waals surface area (Å²) < 4.78 is 59.6. The van der Waals surface area contributed by atoms with E-state index in [2.05, 4.69) is 40.7 Å². The molecule has 2 saturated heterocycles. The minimum atomic E-state index is -1.55. The summed E-state index contributed by atoms with van der Waals surface area (Å²) >= 11 is 0. The summed E-state index contributed by atoms with van der Waals surface area (Å²) in [6.45, 7) is 18.4. The summed E-state index contributed by atoms with van der Waals surface area (Å²) in [4.78, 5) is 74.7. The Morgan fingerprint density at radius 3 is 1.94 bits per heavy atom. The van der Waals surface area contributed by atoms with Gasteiger partial charge in [-0.3, -0.25) is 28.8 Å². The number of hydrogen-bond acceptors (Lipinski definition) is 16. The van der Waals surface area contributed by atoms with Crippen LogP contribution in [0.15, 0.2) is 11.6 Å². The Morgan fingerprint density at radius 2 is 1.30 bits per heavy atom. The fraction of sp³-hybridized carbons (Fsp3) is 0.840. The third-order valence-electron chi connectivity index (χ3n) is 15.8. The lowest BCUT2D eigenvalue weighted by atomic mass is 9.47. The molecule has 0 spiro atoms. The molecule has 0 radical (unpaired) electrons. The standard InChI is InChI=1S/C50H76O16/c1-26(2)13-12-14-27(3)37-17-18-38-36-16-15-34-23-35(19-21-49(34,10)39(36)20-22-50(37,38)11)64-48-46(44(62-32(8)55)42(60-30(6)53)41(65-48)24-57-28(4)51)66-47-45(63-33(9)56)43(61-31(7)54)40(25-58-47)59-29(5)52/h15,26-27,35-48H,12-14,16-25H2,1-11H3/t27-,35+,36+,37-,38+,39+,40-,41-,42-,43+,44+,45-,46-,47+,48-,49+,50-/m1/s1. The van der Waals surface area contributed by atoms with Gasteiger partial charge >= 0.3 is 35.8 Å². The molecule has 0 amide bonds. The van der Waals surface area contributed by atoms with Crippen molar-refractivity contribution in [3.05, 3.63) is 11.6 Å². The van der Waals surface area contributed by atoms with E-state index < -0.39 is 97.2 Å². The zero-order valence-electron chi connectivity index (χ0n) is 41.0. The van der Waals surface area contributed by atoms with Gasteiger partial charge in [0, 0.05) is 41.5 Å². The van der Waals surface area contributed by atoms with Crippen LogP contribution in [0.3, 0.4) is 0 Å². The van der Waals surface area contributed by atoms with Crippen molar-refractivity contribution in [2.24, 2.45) is 46.3 Å². The number of ether oxygens (including phenoxy) is 10. The Balaban J connectivity index is 1.28. The molecule has 66 heavy (non-hydrogen) atoms. The van der Waals surface area contributed by atoms with E-state index in [0.717, 1.165) is 44.4 Å². The highest BCUT2D eigenvalue weighted by Gasteiger charge is 2.60. The molecule has 0 N–H and O–H groups in total. The second kappa shape index (κ2) is 21.8. The quantitative estimate of drug-likeness (QED) is 0.0863. The summed E-state index contributed by atoms with van der Waals surface area (Å²) in [6, 6.07) is 0. The van der Waals surface area contributed by atoms with E-state index in [0.29, 0.717) is 36.0 Å². The van der Waals surface area contributed by atoms with Crippen molar-refractivity contribution in [2.45, 2.75) is 208 Å². The van der Waals surface area contributed by atoms with Gasteiger partial charge in [-0.25, -0.2) is 0 Å². The first-order chi connectivity index (χ1) is 31.1. The van der Waals surface area contributed by atoms with E-state index in [1.807, 2.05) is 0 Å². The van der Waals surface area contributed by atoms with Crippen LogP contribution in [0, 0.1) is 46.3 Å². The number of hydrogen-bond donors (Lipinski definition) is 0. The minimum Gasteiger partial charge on any atom is -0.463 e. The SMILES string of the molecule is CC(=O)OC[C@H]1O[C@@H](O[C@H]2CC[C@@]3(C)C(=CC[C@H]4[C@@H]5CC[C@H]([C@H](C)CCCC(C)C)[C@@]5(C)CC[C@@H]43)C2)[C@H](O[C@@H]2OC[C@@H](OC(C)=O)[C@H](OC(C)=O)[C@H]2OC(C)=O)[C@@H](OC(C)=O)[C@@H]1OC(C)=O. The summed E-state index contributed by atoms with van der Waals surface area (Å²) in [5.41, 5.74) is 1.70. The van der Waals surface area contributed by atoms with Gasteiger partial charge in [-0.05, 0) is 97.7 Å². The summed E-state index contributed by atoms with van der Waals surface area (Å²) in [6.07, 6.45) is 1.79. The van der Waals surface area contributed by atoms with Gasteiger partial charge in [-0.1, -0.05) is 65.5 Å². The molecule has 5 fully saturated rings. The molecule has 17 atom stereocenters. The smallest absolute Gasteiger partial charge is 0.303 e. The zero-order chi connectivity index (χ0) is 48.2. The second-order valence-electron chi connectivity index (χ2n) is 20.9. The van der Waals surface area contributed by atoms with Gasteiger partial charge in [0.15, 0.2) is 49.2 Å². The van der Waals surface area contributed by atoms with E-state index in [4.69, 9.17) is 47.4 Å². The van der Waals surface area contributed by atoms with Crippen LogP contribution in [0.25, 0.3) is 0 Å². The van der Waals surface area contributed by atoms with Gasteiger partial charge in [0.25, 0.3) is 0 Å². The number of carbonyl (C=O) groups excluding carboxylic acids is 6. The molecule has 0 unspecified atom stereocenters. The highest BCUT2D eigenvalue weighted by atomic mass is 16.8. The molecule has 2 heterocycles. The van der Waals surface area contributed by atoms with Crippen LogP contribution in [0.5, 0.6) is 0 Å². The van der Waals surface area contributed by atoms with Crippen LogP contribution in [0.1, 0.15) is 147 Å². The largest absolute Gasteiger partial charge is 0.463 e. The van der Waals surface area contributed by atoms with Crippen molar-refractivity contribution in [1.29, 1.82) is 0 Å². The highest BCUT2D eigenvalue weighted by Crippen LogP contribution is 2.67. The Labute approximate surface area is 390 Å². The molecule has 6 aliphatic rings. The maximum atomic E-state index is 12.9. The van der Waals surface area contributed by atoms with Gasteiger partial charge < -0.3 is 47.4 Å². The van der Waals surface area contributed by atoms with Gasteiger partial charge in [0.2, 0.25) is 0 Å². The average Bonchev–Trinajstić information content (AvgIpc) is 3.57. The number of allylic oxidation sites excluding steroid dienone is 1. The Hall–Kier alpha value is -3.60. The molecule has 16 heteroatoms. The number of esters is 6. The number of carbonyl (C=O) groups is 6. The maximum absolute atomic E-state index is 12.9. The Morgan fingerprint density at radius 1 is 0.667 bits per heavy atom. The molecule has 0 aromatic heterocycles. The predicted molar refractivity (Wildman–Crippen MR) is 236 cm³/mol. The average molecular weight is 933 g/mol. The molecule has 3 saturated carbocycles. The molecule has 6 rings (SSSR count). The Bertz CT molecular complexity index is 1800. The maximum Gasteiger partial charge on any atom is 0.303 e. The summed E-state index contributed by atoms with van der Waals surface area (Å²) in [5.74, 6) is -0.287. The van der Waals surface area contributed by atoms with Crippen LogP contribution >= 0.6 is 0 Å². The summed E-state index contributed by atoms with van der Waals surface area (Å²) in [5, 5.41) is 0. The first kappa shape index (κ1) is 51.8. The fourth-order valence-electron chi connectivity index (χ4n) is 13.1. The predicted octanol–water partition coefficient (Wildman–Crippen LogP) is 7.10. The third-order valence-corrected chi connectivity index (χ3v) is 15.8. The first-order valence-corrected chi connectivity index (χ1v) is 24.4. The topological polar surface area (TPSA) is 195 Å². The Kier molecular flexibility index (Phi) is 17.1. The van der Waals surface area contributed by atoms with Crippen molar-refractivity contribution in [3.63, 3.8) is 0 Å². The lowest BCUT2D eigenvalue weighted by Crippen LogP contribution is -2.66. The molecule has 372 valence electrons. The van der Waals surface area contributed by atoms with Crippen molar-refractivity contribution >= 4 is 35.8 Å². The van der Waals surface area contributed by atoms with Crippen molar-refractivity contribution in [3.8, 4) is 0 Å². The lowest BCUT2D eigenvalue weighted by molar-refractivity contribution is -0.364. The molecule has 0 aromatic carbocycles. The lowest BCUT2D eigenvalue weighted by Gasteiger charge is -2.58. The van der Waals surface area contributed by atoms with Crippen molar-refractivity contribution in [2.75, 3.05) is 13.2 Å². The van der Waals surface area contributed by atoms with E-state index in [9.17, 15) is 28.8 Å². The van der Waals surface area contributed by atoms with E-state index >= 15 is 0 Å². The van der Waals surface area contributed by atoms with Crippen LogP contribution in [0.2, 0.25) is 0 Å². The molecule has 0 aromatic rings.